The number of benzene rings is 2. The highest BCUT2D eigenvalue weighted by Gasteiger charge is 2.14. The molecule has 2 heterocycles. The van der Waals surface area contributed by atoms with Crippen LogP contribution in [0.3, 0.4) is 0 Å². The predicted octanol–water partition coefficient (Wildman–Crippen LogP) is 4.94. The molecular weight excluding hydrogens is 384 g/mol. The van der Waals surface area contributed by atoms with Crippen molar-refractivity contribution in [2.45, 2.75) is 30.3 Å². The van der Waals surface area contributed by atoms with Crippen LogP contribution in [0.1, 0.15) is 24.1 Å². The summed E-state index contributed by atoms with van der Waals surface area (Å²) in [6.07, 6.45) is 3.95. The molecule has 1 amide bonds. The first-order valence-corrected chi connectivity index (χ1v) is 10.9. The topological polar surface area (TPSA) is 64.4 Å². The van der Waals surface area contributed by atoms with Crippen molar-refractivity contribution in [2.24, 2.45) is 0 Å². The average molecular weight is 409 g/mol. The third-order valence-electron chi connectivity index (χ3n) is 4.78. The third-order valence-corrected chi connectivity index (χ3v) is 6.22. The third kappa shape index (κ3) is 5.71. The fraction of sp³-hybridized carbons (Fsp3) is 0.304. The highest BCUT2D eigenvalue weighted by molar-refractivity contribution is 7.99. The molecule has 1 fully saturated rings. The van der Waals surface area contributed by atoms with Crippen molar-refractivity contribution in [3.8, 4) is 11.5 Å². The minimum Gasteiger partial charge on any atom is -0.444 e. The molecule has 1 aromatic heterocycles. The van der Waals surface area contributed by atoms with Crippen molar-refractivity contribution >= 4 is 23.4 Å². The molecule has 0 unspecified atom stereocenters. The number of anilines is 1. The number of nitrogens with zero attached hydrogens (tertiary/aromatic N) is 1. The number of rotatable bonds is 7. The number of oxazole rings is 1. The molecule has 1 aliphatic heterocycles. The van der Waals surface area contributed by atoms with Crippen molar-refractivity contribution in [2.75, 3.05) is 18.5 Å². The van der Waals surface area contributed by atoms with Gasteiger partial charge >= 0.3 is 0 Å². The van der Waals surface area contributed by atoms with E-state index in [9.17, 15) is 4.79 Å². The summed E-state index contributed by atoms with van der Waals surface area (Å²) >= 11 is 1.97. The van der Waals surface area contributed by atoms with E-state index >= 15 is 0 Å². The lowest BCUT2D eigenvalue weighted by molar-refractivity contribution is -0.115. The summed E-state index contributed by atoms with van der Waals surface area (Å²) in [4.78, 5) is 16.9. The Labute approximate surface area is 174 Å². The molecule has 29 heavy (non-hydrogen) atoms. The van der Waals surface area contributed by atoms with Gasteiger partial charge in [-0.05, 0) is 42.7 Å². The number of amides is 1. The second-order valence-electron chi connectivity index (χ2n) is 7.06. The van der Waals surface area contributed by atoms with E-state index in [1.165, 1.54) is 5.56 Å². The summed E-state index contributed by atoms with van der Waals surface area (Å²) in [7, 11) is 0. The zero-order chi connectivity index (χ0) is 19.9. The van der Waals surface area contributed by atoms with Crippen LogP contribution in [0, 0.1) is 0 Å². The first kappa shape index (κ1) is 19.7. The second-order valence-corrected chi connectivity index (χ2v) is 8.35. The van der Waals surface area contributed by atoms with Crippen molar-refractivity contribution in [3.63, 3.8) is 0 Å². The van der Waals surface area contributed by atoms with Crippen molar-refractivity contribution in [1.82, 2.24) is 4.98 Å². The number of carbonyl (C=O) groups is 1. The molecular formula is C23H24N2O3S. The lowest BCUT2D eigenvalue weighted by Gasteiger charge is -2.21. The smallest absolute Gasteiger partial charge is 0.230 e. The predicted molar refractivity (Wildman–Crippen MR) is 116 cm³/mol. The standard InChI is InChI=1S/C23H24N2O3S/c26-22(14-20-15-28-23(25-20)18-6-2-1-3-7-18)24-19-8-4-5-17(13-19)16-29-21-9-11-27-12-10-21/h1-8,13,15,21H,9-12,14,16H2,(H,24,26). The van der Waals surface area contributed by atoms with Gasteiger partial charge < -0.3 is 14.5 Å². The van der Waals surface area contributed by atoms with E-state index in [1.54, 1.807) is 6.26 Å². The molecule has 2 aromatic carbocycles. The maximum atomic E-state index is 12.4. The highest BCUT2D eigenvalue weighted by atomic mass is 32.2. The Morgan fingerprint density at radius 2 is 1.93 bits per heavy atom. The molecule has 1 aliphatic rings. The Balaban J connectivity index is 1.31. The number of nitrogens with one attached hydrogen (secondary N) is 1. The zero-order valence-electron chi connectivity index (χ0n) is 16.2. The first-order chi connectivity index (χ1) is 14.3. The summed E-state index contributed by atoms with van der Waals surface area (Å²) < 4.78 is 10.9. The van der Waals surface area contributed by atoms with Crippen LogP contribution in [0.5, 0.6) is 0 Å². The van der Waals surface area contributed by atoms with Gasteiger partial charge in [0, 0.05) is 35.5 Å². The van der Waals surface area contributed by atoms with Crippen LogP contribution in [0.4, 0.5) is 5.69 Å². The van der Waals surface area contributed by atoms with Crippen LogP contribution < -0.4 is 5.32 Å². The van der Waals surface area contributed by atoms with E-state index in [4.69, 9.17) is 9.15 Å². The zero-order valence-corrected chi connectivity index (χ0v) is 17.0. The second kappa shape index (κ2) is 9.76. The van der Waals surface area contributed by atoms with E-state index in [0.29, 0.717) is 16.8 Å². The van der Waals surface area contributed by atoms with Crippen LogP contribution >= 0.6 is 11.8 Å². The summed E-state index contributed by atoms with van der Waals surface area (Å²) in [5.41, 5.74) is 3.54. The summed E-state index contributed by atoms with van der Waals surface area (Å²) in [5.74, 6) is 1.37. The number of aromatic nitrogens is 1. The van der Waals surface area contributed by atoms with Crippen molar-refractivity contribution in [1.29, 1.82) is 0 Å². The molecule has 0 radical (unpaired) electrons. The van der Waals surface area contributed by atoms with Gasteiger partial charge in [-0.2, -0.15) is 11.8 Å². The molecule has 0 aliphatic carbocycles. The van der Waals surface area contributed by atoms with E-state index in [2.05, 4.69) is 16.4 Å². The minimum atomic E-state index is -0.104. The first-order valence-electron chi connectivity index (χ1n) is 9.84. The summed E-state index contributed by atoms with van der Waals surface area (Å²) in [6.45, 7) is 1.73. The van der Waals surface area contributed by atoms with Gasteiger partial charge in [0.05, 0.1) is 12.1 Å². The molecule has 5 nitrogen and oxygen atoms in total. The Bertz CT molecular complexity index is 936. The maximum absolute atomic E-state index is 12.4. The molecule has 1 N–H and O–H groups in total. The molecule has 6 heteroatoms. The fourth-order valence-electron chi connectivity index (χ4n) is 3.27. The summed E-state index contributed by atoms with van der Waals surface area (Å²) in [5, 5.41) is 3.63. The maximum Gasteiger partial charge on any atom is 0.230 e. The van der Waals surface area contributed by atoms with E-state index in [-0.39, 0.29) is 12.3 Å². The van der Waals surface area contributed by atoms with E-state index in [1.807, 2.05) is 60.3 Å². The van der Waals surface area contributed by atoms with Crippen LogP contribution in [0.25, 0.3) is 11.5 Å². The number of carbonyl (C=O) groups excluding carboxylic acids is 1. The monoisotopic (exact) mass is 408 g/mol. The minimum absolute atomic E-state index is 0.104. The van der Waals surface area contributed by atoms with Crippen LogP contribution in [-0.2, 0) is 21.7 Å². The number of hydrogen-bond acceptors (Lipinski definition) is 5. The Kier molecular flexibility index (Phi) is 6.64. The fourth-order valence-corrected chi connectivity index (χ4v) is 4.40. The molecule has 4 rings (SSSR count). The quantitative estimate of drug-likeness (QED) is 0.600. The van der Waals surface area contributed by atoms with Gasteiger partial charge in [0.2, 0.25) is 11.8 Å². The van der Waals surface area contributed by atoms with Gasteiger partial charge in [0.15, 0.2) is 0 Å². The summed E-state index contributed by atoms with van der Waals surface area (Å²) in [6, 6.07) is 17.7. The van der Waals surface area contributed by atoms with Crippen LogP contribution in [0.15, 0.2) is 65.3 Å². The van der Waals surface area contributed by atoms with Gasteiger partial charge in [0.1, 0.15) is 6.26 Å². The highest BCUT2D eigenvalue weighted by Crippen LogP contribution is 2.26. The average Bonchev–Trinajstić information content (AvgIpc) is 3.22. The van der Waals surface area contributed by atoms with Crippen LogP contribution in [0.2, 0.25) is 0 Å². The molecule has 0 spiro atoms. The molecule has 3 aromatic rings. The SMILES string of the molecule is O=C(Cc1coc(-c2ccccc2)n1)Nc1cccc(CSC2CCOCC2)c1. The van der Waals surface area contributed by atoms with E-state index < -0.39 is 0 Å². The molecule has 0 saturated carbocycles. The Hall–Kier alpha value is -2.57. The normalized spacial score (nSPS) is 14.6. The number of ether oxygens (including phenoxy) is 1. The molecule has 0 bridgehead atoms. The van der Waals surface area contributed by atoms with Gasteiger partial charge in [-0.3, -0.25) is 4.79 Å². The lowest BCUT2D eigenvalue weighted by Crippen LogP contribution is -2.17. The largest absolute Gasteiger partial charge is 0.444 e. The van der Waals surface area contributed by atoms with Crippen molar-refractivity contribution < 1.29 is 13.9 Å². The van der Waals surface area contributed by atoms with Crippen LogP contribution in [-0.4, -0.2) is 29.4 Å². The van der Waals surface area contributed by atoms with Gasteiger partial charge in [-0.25, -0.2) is 4.98 Å². The Morgan fingerprint density at radius 3 is 2.76 bits per heavy atom. The molecule has 150 valence electrons. The van der Waals surface area contributed by atoms with Gasteiger partial charge in [-0.15, -0.1) is 0 Å². The number of thioether (sulfide) groups is 1. The molecule has 1 saturated heterocycles. The van der Waals surface area contributed by atoms with Gasteiger partial charge in [-0.1, -0.05) is 30.3 Å². The Morgan fingerprint density at radius 1 is 1.10 bits per heavy atom. The van der Waals surface area contributed by atoms with Crippen molar-refractivity contribution in [3.05, 3.63) is 72.1 Å². The number of hydrogen-bond donors (Lipinski definition) is 1. The lowest BCUT2D eigenvalue weighted by atomic mass is 10.2. The van der Waals surface area contributed by atoms with E-state index in [0.717, 1.165) is 43.1 Å². The molecule has 0 atom stereocenters. The van der Waals surface area contributed by atoms with Gasteiger partial charge in [0.25, 0.3) is 0 Å².